The van der Waals surface area contributed by atoms with Gasteiger partial charge in [-0.3, -0.25) is 9.80 Å². The Kier molecular flexibility index (Phi) is 6.78. The molecule has 1 unspecified atom stereocenters. The van der Waals surface area contributed by atoms with Gasteiger partial charge in [0.25, 0.3) is 0 Å². The standard InChI is InChI=1S/C19H30N2O2/c1-4-19(3,22)16-21(9-8-20-10-12-23-13-11-20)15-18-7-5-6-17(2)14-18/h4-7,14,22H,1,8-13,15-16H2,2-3H3. The number of aryl methyl sites for hydroxylation is 1. The Morgan fingerprint density at radius 1 is 1.39 bits per heavy atom. The van der Waals surface area contributed by atoms with E-state index in [1.807, 2.05) is 6.92 Å². The Bertz CT molecular complexity index is 496. The monoisotopic (exact) mass is 318 g/mol. The second-order valence-corrected chi connectivity index (χ2v) is 6.72. The van der Waals surface area contributed by atoms with E-state index in [1.54, 1.807) is 6.08 Å². The third-order valence-electron chi connectivity index (χ3n) is 4.31. The fourth-order valence-electron chi connectivity index (χ4n) is 2.91. The summed E-state index contributed by atoms with van der Waals surface area (Å²) in [5, 5.41) is 10.4. The van der Waals surface area contributed by atoms with Crippen LogP contribution in [0.3, 0.4) is 0 Å². The van der Waals surface area contributed by atoms with Gasteiger partial charge >= 0.3 is 0 Å². The highest BCUT2D eigenvalue weighted by molar-refractivity contribution is 5.22. The molecule has 4 heteroatoms. The zero-order valence-electron chi connectivity index (χ0n) is 14.5. The van der Waals surface area contributed by atoms with Crippen LogP contribution in [-0.2, 0) is 11.3 Å². The molecule has 0 radical (unpaired) electrons. The predicted molar refractivity (Wildman–Crippen MR) is 94.5 cm³/mol. The van der Waals surface area contributed by atoms with Crippen LogP contribution in [-0.4, -0.2) is 66.4 Å². The van der Waals surface area contributed by atoms with E-state index in [0.29, 0.717) is 6.54 Å². The van der Waals surface area contributed by atoms with Gasteiger partial charge in [-0.25, -0.2) is 0 Å². The number of hydrogen-bond acceptors (Lipinski definition) is 4. The molecule has 1 aliphatic heterocycles. The molecule has 0 spiro atoms. The van der Waals surface area contributed by atoms with Crippen LogP contribution in [0.4, 0.5) is 0 Å². The Morgan fingerprint density at radius 3 is 2.78 bits per heavy atom. The van der Waals surface area contributed by atoms with Crippen LogP contribution in [0.5, 0.6) is 0 Å². The van der Waals surface area contributed by atoms with Gasteiger partial charge in [0.2, 0.25) is 0 Å². The summed E-state index contributed by atoms with van der Waals surface area (Å²) in [6.45, 7) is 14.7. The van der Waals surface area contributed by atoms with E-state index in [4.69, 9.17) is 4.74 Å². The largest absolute Gasteiger partial charge is 0.385 e. The Hall–Kier alpha value is -1.20. The molecule has 23 heavy (non-hydrogen) atoms. The maximum atomic E-state index is 10.4. The first kappa shape index (κ1) is 18.1. The summed E-state index contributed by atoms with van der Waals surface area (Å²) in [6.07, 6.45) is 1.63. The highest BCUT2D eigenvalue weighted by atomic mass is 16.5. The van der Waals surface area contributed by atoms with Gasteiger partial charge in [0.15, 0.2) is 0 Å². The minimum atomic E-state index is -0.866. The van der Waals surface area contributed by atoms with E-state index < -0.39 is 5.60 Å². The molecule has 1 atom stereocenters. The molecule has 1 aromatic carbocycles. The number of ether oxygens (including phenoxy) is 1. The summed E-state index contributed by atoms with van der Waals surface area (Å²) < 4.78 is 5.40. The van der Waals surface area contributed by atoms with Gasteiger partial charge in [-0.1, -0.05) is 35.9 Å². The van der Waals surface area contributed by atoms with Gasteiger partial charge in [-0.05, 0) is 19.4 Å². The van der Waals surface area contributed by atoms with Crippen LogP contribution in [0.1, 0.15) is 18.1 Å². The quantitative estimate of drug-likeness (QED) is 0.745. The van der Waals surface area contributed by atoms with Gasteiger partial charge < -0.3 is 9.84 Å². The maximum Gasteiger partial charge on any atom is 0.0923 e. The van der Waals surface area contributed by atoms with Crippen LogP contribution in [0, 0.1) is 6.92 Å². The normalized spacial score (nSPS) is 18.8. The Morgan fingerprint density at radius 2 is 2.13 bits per heavy atom. The molecule has 2 rings (SSSR count). The molecule has 0 amide bonds. The van der Waals surface area contributed by atoms with Crippen molar-refractivity contribution < 1.29 is 9.84 Å². The molecular weight excluding hydrogens is 288 g/mol. The zero-order chi connectivity index (χ0) is 16.7. The van der Waals surface area contributed by atoms with Crippen molar-refractivity contribution in [3.8, 4) is 0 Å². The molecule has 1 fully saturated rings. The highest BCUT2D eigenvalue weighted by Gasteiger charge is 2.21. The average molecular weight is 318 g/mol. The predicted octanol–water partition coefficient (Wildman–Crippen LogP) is 2.07. The van der Waals surface area contributed by atoms with Crippen LogP contribution >= 0.6 is 0 Å². The van der Waals surface area contributed by atoms with Crippen molar-refractivity contribution in [3.63, 3.8) is 0 Å². The molecule has 1 aromatic rings. The van der Waals surface area contributed by atoms with Crippen molar-refractivity contribution in [2.75, 3.05) is 45.9 Å². The lowest BCUT2D eigenvalue weighted by Gasteiger charge is -2.33. The Labute approximate surface area is 140 Å². The SMILES string of the molecule is C=CC(C)(O)CN(CCN1CCOCC1)Cc1cccc(C)c1. The summed E-state index contributed by atoms with van der Waals surface area (Å²) in [5.74, 6) is 0. The zero-order valence-corrected chi connectivity index (χ0v) is 14.5. The second-order valence-electron chi connectivity index (χ2n) is 6.72. The van der Waals surface area contributed by atoms with Crippen molar-refractivity contribution >= 4 is 0 Å². The first-order valence-electron chi connectivity index (χ1n) is 8.42. The number of morpholine rings is 1. The molecule has 1 aliphatic rings. The minimum absolute atomic E-state index is 0.592. The summed E-state index contributed by atoms with van der Waals surface area (Å²) in [5.41, 5.74) is 1.69. The topological polar surface area (TPSA) is 35.9 Å². The van der Waals surface area contributed by atoms with E-state index in [9.17, 15) is 5.11 Å². The molecule has 0 bridgehead atoms. The molecular formula is C19H30N2O2. The van der Waals surface area contributed by atoms with Crippen molar-refractivity contribution in [2.45, 2.75) is 26.0 Å². The number of aliphatic hydroxyl groups is 1. The highest BCUT2D eigenvalue weighted by Crippen LogP contribution is 2.13. The van der Waals surface area contributed by atoms with E-state index in [0.717, 1.165) is 45.9 Å². The Balaban J connectivity index is 1.97. The molecule has 128 valence electrons. The lowest BCUT2D eigenvalue weighted by atomic mass is 10.1. The summed E-state index contributed by atoms with van der Waals surface area (Å²) in [6, 6.07) is 8.57. The van der Waals surface area contributed by atoms with Crippen LogP contribution in [0.15, 0.2) is 36.9 Å². The van der Waals surface area contributed by atoms with Crippen molar-refractivity contribution in [1.29, 1.82) is 0 Å². The minimum Gasteiger partial charge on any atom is -0.385 e. The molecule has 0 saturated carbocycles. The molecule has 4 nitrogen and oxygen atoms in total. The van der Waals surface area contributed by atoms with E-state index in [2.05, 4.69) is 47.6 Å². The second kappa shape index (κ2) is 8.60. The summed E-state index contributed by atoms with van der Waals surface area (Å²) in [7, 11) is 0. The summed E-state index contributed by atoms with van der Waals surface area (Å²) in [4.78, 5) is 4.74. The molecule has 0 aliphatic carbocycles. The number of nitrogens with zero attached hydrogens (tertiary/aromatic N) is 2. The van der Waals surface area contributed by atoms with Gasteiger partial charge in [-0.15, -0.1) is 6.58 Å². The number of hydrogen-bond donors (Lipinski definition) is 1. The van der Waals surface area contributed by atoms with Crippen LogP contribution in [0.2, 0.25) is 0 Å². The van der Waals surface area contributed by atoms with Gasteiger partial charge in [0.05, 0.1) is 18.8 Å². The van der Waals surface area contributed by atoms with Gasteiger partial charge in [0.1, 0.15) is 0 Å². The molecule has 1 N–H and O–H groups in total. The lowest BCUT2D eigenvalue weighted by Crippen LogP contribution is -2.45. The van der Waals surface area contributed by atoms with Gasteiger partial charge in [-0.2, -0.15) is 0 Å². The lowest BCUT2D eigenvalue weighted by molar-refractivity contribution is 0.0227. The maximum absolute atomic E-state index is 10.4. The van der Waals surface area contributed by atoms with E-state index >= 15 is 0 Å². The number of rotatable bonds is 8. The fraction of sp³-hybridized carbons (Fsp3) is 0.579. The number of benzene rings is 1. The van der Waals surface area contributed by atoms with Crippen molar-refractivity contribution in [2.24, 2.45) is 0 Å². The molecule has 1 saturated heterocycles. The van der Waals surface area contributed by atoms with E-state index in [-0.39, 0.29) is 0 Å². The molecule has 0 aromatic heterocycles. The third kappa shape index (κ3) is 6.43. The smallest absolute Gasteiger partial charge is 0.0923 e. The van der Waals surface area contributed by atoms with E-state index in [1.165, 1.54) is 11.1 Å². The summed E-state index contributed by atoms with van der Waals surface area (Å²) >= 11 is 0. The first-order valence-corrected chi connectivity index (χ1v) is 8.42. The van der Waals surface area contributed by atoms with Gasteiger partial charge in [0, 0.05) is 39.3 Å². The third-order valence-corrected chi connectivity index (χ3v) is 4.31. The fourth-order valence-corrected chi connectivity index (χ4v) is 2.91. The van der Waals surface area contributed by atoms with Crippen LogP contribution in [0.25, 0.3) is 0 Å². The van der Waals surface area contributed by atoms with Crippen molar-refractivity contribution in [3.05, 3.63) is 48.0 Å². The molecule has 1 heterocycles. The van der Waals surface area contributed by atoms with Crippen LogP contribution < -0.4 is 0 Å². The first-order chi connectivity index (χ1) is 11.0. The average Bonchev–Trinajstić information content (AvgIpc) is 2.53. The van der Waals surface area contributed by atoms with Crippen molar-refractivity contribution in [1.82, 2.24) is 9.80 Å².